The van der Waals surface area contributed by atoms with Gasteiger partial charge in [0.2, 0.25) is 0 Å². The first-order valence-corrected chi connectivity index (χ1v) is 12.1. The van der Waals surface area contributed by atoms with Crippen molar-refractivity contribution in [1.29, 1.82) is 0 Å². The molecule has 2 N–H and O–H groups in total. The summed E-state index contributed by atoms with van der Waals surface area (Å²) < 4.78 is 5.56. The number of rotatable bonds is 10. The molecule has 3 unspecified atom stereocenters. The van der Waals surface area contributed by atoms with Crippen LogP contribution in [0.25, 0.3) is 0 Å². The van der Waals surface area contributed by atoms with Crippen molar-refractivity contribution in [3.63, 3.8) is 0 Å². The Morgan fingerprint density at radius 3 is 2.42 bits per heavy atom. The number of hydrogen-bond donors (Lipinski definition) is 2. The van der Waals surface area contributed by atoms with Crippen molar-refractivity contribution in [3.05, 3.63) is 102 Å². The molecule has 3 aromatic rings. The highest BCUT2D eigenvalue weighted by molar-refractivity contribution is 5.33. The van der Waals surface area contributed by atoms with Crippen LogP contribution in [0.3, 0.4) is 0 Å². The number of benzene rings is 3. The summed E-state index contributed by atoms with van der Waals surface area (Å²) in [6.45, 7) is 2.86. The minimum absolute atomic E-state index is 0.323. The standard InChI is InChI=1S/C29H36N2O2/c1-33-28-19-9-8-16-25(28)22-30-26-17-10-20-31(29(26)24-14-6-3-7-15-24)21-11-18-27(32)23-12-4-2-5-13-23/h2-9,12-16,19,26-27,29-30,32H,10-11,17-18,20-22H2,1H3. The second-order valence-corrected chi connectivity index (χ2v) is 8.90. The van der Waals surface area contributed by atoms with Gasteiger partial charge in [0.15, 0.2) is 0 Å². The van der Waals surface area contributed by atoms with Crippen molar-refractivity contribution < 1.29 is 9.84 Å². The number of methoxy groups -OCH3 is 1. The molecule has 1 aliphatic heterocycles. The highest BCUT2D eigenvalue weighted by Crippen LogP contribution is 2.32. The molecule has 1 aliphatic rings. The van der Waals surface area contributed by atoms with E-state index in [4.69, 9.17) is 4.74 Å². The van der Waals surface area contributed by atoms with Crippen LogP contribution >= 0.6 is 0 Å². The van der Waals surface area contributed by atoms with Crippen LogP contribution in [0.2, 0.25) is 0 Å². The minimum atomic E-state index is -0.398. The predicted molar refractivity (Wildman–Crippen MR) is 134 cm³/mol. The third-order valence-electron chi connectivity index (χ3n) is 6.73. The van der Waals surface area contributed by atoms with E-state index in [1.807, 2.05) is 42.5 Å². The van der Waals surface area contributed by atoms with E-state index < -0.39 is 6.10 Å². The SMILES string of the molecule is COc1ccccc1CNC1CCCN(CCCC(O)c2ccccc2)C1c1ccccc1. The fourth-order valence-corrected chi connectivity index (χ4v) is 5.04. The number of nitrogens with zero attached hydrogens (tertiary/aromatic N) is 1. The highest BCUT2D eigenvalue weighted by Gasteiger charge is 2.32. The molecule has 0 saturated carbocycles. The van der Waals surface area contributed by atoms with Crippen LogP contribution in [0.4, 0.5) is 0 Å². The molecule has 0 aromatic heterocycles. The molecule has 0 radical (unpaired) electrons. The number of nitrogens with one attached hydrogen (secondary N) is 1. The molecule has 3 atom stereocenters. The lowest BCUT2D eigenvalue weighted by molar-refractivity contribution is 0.0979. The Kier molecular flexibility index (Phi) is 8.53. The van der Waals surface area contributed by atoms with E-state index in [9.17, 15) is 5.11 Å². The van der Waals surface area contributed by atoms with Crippen LogP contribution in [0.1, 0.15) is 54.5 Å². The largest absolute Gasteiger partial charge is 0.496 e. The van der Waals surface area contributed by atoms with E-state index in [1.165, 1.54) is 17.5 Å². The summed E-state index contributed by atoms with van der Waals surface area (Å²) >= 11 is 0. The van der Waals surface area contributed by atoms with Gasteiger partial charge in [-0.2, -0.15) is 0 Å². The van der Waals surface area contributed by atoms with Crippen molar-refractivity contribution in [2.45, 2.75) is 50.4 Å². The lowest BCUT2D eigenvalue weighted by Crippen LogP contribution is -2.48. The Morgan fingerprint density at radius 1 is 0.970 bits per heavy atom. The Bertz CT molecular complexity index is 964. The summed E-state index contributed by atoms with van der Waals surface area (Å²) in [5.41, 5.74) is 3.56. The Labute approximate surface area is 198 Å². The quantitative estimate of drug-likeness (QED) is 0.433. The number of hydrogen-bond acceptors (Lipinski definition) is 4. The Balaban J connectivity index is 1.43. The molecule has 1 saturated heterocycles. The van der Waals surface area contributed by atoms with Crippen LogP contribution in [-0.4, -0.2) is 36.2 Å². The lowest BCUT2D eigenvalue weighted by atomic mass is 9.89. The zero-order valence-corrected chi connectivity index (χ0v) is 19.6. The third kappa shape index (κ3) is 6.23. The maximum Gasteiger partial charge on any atom is 0.123 e. The first kappa shape index (κ1) is 23.5. The molecular formula is C29H36N2O2. The van der Waals surface area contributed by atoms with Crippen molar-refractivity contribution in [2.24, 2.45) is 0 Å². The van der Waals surface area contributed by atoms with Crippen LogP contribution in [0.5, 0.6) is 5.75 Å². The van der Waals surface area contributed by atoms with Gasteiger partial charge in [-0.25, -0.2) is 0 Å². The summed E-state index contributed by atoms with van der Waals surface area (Å²) in [5.74, 6) is 0.934. The second kappa shape index (κ2) is 12.0. The fraction of sp³-hybridized carbons (Fsp3) is 0.379. The third-order valence-corrected chi connectivity index (χ3v) is 6.73. The molecule has 33 heavy (non-hydrogen) atoms. The lowest BCUT2D eigenvalue weighted by Gasteiger charge is -2.42. The molecule has 3 aromatic carbocycles. The predicted octanol–water partition coefficient (Wildman–Crippen LogP) is 5.50. The maximum absolute atomic E-state index is 10.6. The van der Waals surface area contributed by atoms with Gasteiger partial charge in [0.05, 0.1) is 19.3 Å². The topological polar surface area (TPSA) is 44.7 Å². The van der Waals surface area contributed by atoms with Gasteiger partial charge >= 0.3 is 0 Å². The number of aliphatic hydroxyl groups excluding tert-OH is 1. The van der Waals surface area contributed by atoms with Gasteiger partial charge in [-0.1, -0.05) is 78.9 Å². The molecular weight excluding hydrogens is 408 g/mol. The Hall–Kier alpha value is -2.66. The first-order chi connectivity index (χ1) is 16.3. The van der Waals surface area contributed by atoms with Crippen molar-refractivity contribution in [3.8, 4) is 5.75 Å². The number of piperidine rings is 1. The molecule has 0 amide bonds. The van der Waals surface area contributed by atoms with Crippen LogP contribution < -0.4 is 10.1 Å². The summed E-state index contributed by atoms with van der Waals surface area (Å²) in [6.07, 6.45) is 3.68. The summed E-state index contributed by atoms with van der Waals surface area (Å²) in [5, 5.41) is 14.4. The molecule has 174 valence electrons. The Morgan fingerprint density at radius 2 is 1.67 bits per heavy atom. The van der Waals surface area contributed by atoms with E-state index in [2.05, 4.69) is 52.7 Å². The first-order valence-electron chi connectivity index (χ1n) is 12.1. The minimum Gasteiger partial charge on any atom is -0.496 e. The van der Waals surface area contributed by atoms with Crippen LogP contribution in [0, 0.1) is 0 Å². The molecule has 1 heterocycles. The van der Waals surface area contributed by atoms with Crippen LogP contribution in [-0.2, 0) is 6.54 Å². The summed E-state index contributed by atoms with van der Waals surface area (Å²) in [6, 6.07) is 29.8. The van der Waals surface area contributed by atoms with Gasteiger partial charge < -0.3 is 15.2 Å². The second-order valence-electron chi connectivity index (χ2n) is 8.90. The molecule has 4 rings (SSSR count). The number of ether oxygens (including phenoxy) is 1. The fourth-order valence-electron chi connectivity index (χ4n) is 5.04. The van der Waals surface area contributed by atoms with Gasteiger partial charge in [-0.15, -0.1) is 0 Å². The van der Waals surface area contributed by atoms with E-state index >= 15 is 0 Å². The zero-order valence-electron chi connectivity index (χ0n) is 19.6. The average molecular weight is 445 g/mol. The van der Waals surface area contributed by atoms with Crippen molar-refractivity contribution in [2.75, 3.05) is 20.2 Å². The van der Waals surface area contributed by atoms with Gasteiger partial charge in [0, 0.05) is 18.2 Å². The van der Waals surface area contributed by atoms with Gasteiger partial charge in [-0.3, -0.25) is 4.90 Å². The normalized spacial score (nSPS) is 19.8. The average Bonchev–Trinajstić information content (AvgIpc) is 2.88. The summed E-state index contributed by atoms with van der Waals surface area (Å²) in [7, 11) is 1.73. The monoisotopic (exact) mass is 444 g/mol. The van der Waals surface area contributed by atoms with Crippen LogP contribution in [0.15, 0.2) is 84.9 Å². The number of para-hydroxylation sites is 1. The molecule has 4 nitrogen and oxygen atoms in total. The number of likely N-dealkylation sites (tertiary alicyclic amines) is 1. The van der Waals surface area contributed by atoms with E-state index in [1.54, 1.807) is 7.11 Å². The molecule has 0 aliphatic carbocycles. The molecule has 1 fully saturated rings. The van der Waals surface area contributed by atoms with E-state index in [0.717, 1.165) is 50.2 Å². The maximum atomic E-state index is 10.6. The van der Waals surface area contributed by atoms with E-state index in [-0.39, 0.29) is 0 Å². The van der Waals surface area contributed by atoms with E-state index in [0.29, 0.717) is 12.1 Å². The molecule has 0 spiro atoms. The summed E-state index contributed by atoms with van der Waals surface area (Å²) in [4.78, 5) is 2.61. The van der Waals surface area contributed by atoms with Gasteiger partial charge in [0.25, 0.3) is 0 Å². The van der Waals surface area contributed by atoms with Gasteiger partial charge in [-0.05, 0) is 56.0 Å². The number of aliphatic hydroxyl groups is 1. The molecule has 4 heteroatoms. The van der Waals surface area contributed by atoms with Crippen molar-refractivity contribution in [1.82, 2.24) is 10.2 Å². The zero-order chi connectivity index (χ0) is 22.9. The van der Waals surface area contributed by atoms with Gasteiger partial charge in [0.1, 0.15) is 5.75 Å². The highest BCUT2D eigenvalue weighted by atomic mass is 16.5. The smallest absolute Gasteiger partial charge is 0.123 e. The molecule has 0 bridgehead atoms. The van der Waals surface area contributed by atoms with Crippen molar-refractivity contribution >= 4 is 0 Å².